The normalized spacial score (nSPS) is 21.8. The van der Waals surface area contributed by atoms with Gasteiger partial charge in [-0.05, 0) is 31.2 Å². The van der Waals surface area contributed by atoms with Crippen molar-refractivity contribution in [2.24, 2.45) is 23.5 Å². The van der Waals surface area contributed by atoms with E-state index in [1.807, 2.05) is 10.9 Å². The van der Waals surface area contributed by atoms with Gasteiger partial charge in [-0.3, -0.25) is 9.48 Å². The summed E-state index contributed by atoms with van der Waals surface area (Å²) in [7, 11) is 0. The second-order valence-corrected chi connectivity index (χ2v) is 5.87. The summed E-state index contributed by atoms with van der Waals surface area (Å²) in [5.41, 5.74) is 6.50. The van der Waals surface area contributed by atoms with E-state index in [4.69, 9.17) is 5.73 Å². The molecule has 0 saturated heterocycles. The Labute approximate surface area is 126 Å². The fourth-order valence-electron chi connectivity index (χ4n) is 2.80. The Kier molecular flexibility index (Phi) is 6.49. The highest BCUT2D eigenvalue weighted by Gasteiger charge is 2.31. The van der Waals surface area contributed by atoms with Crippen molar-refractivity contribution in [3.63, 3.8) is 0 Å². The van der Waals surface area contributed by atoms with Crippen molar-refractivity contribution in [1.29, 1.82) is 0 Å². The summed E-state index contributed by atoms with van der Waals surface area (Å²) < 4.78 is 1.87. The molecule has 6 heteroatoms. The van der Waals surface area contributed by atoms with Gasteiger partial charge < -0.3 is 11.1 Å². The molecule has 2 rings (SSSR count). The molecule has 1 aliphatic carbocycles. The molecule has 2 atom stereocenters. The molecule has 0 aliphatic heterocycles. The first-order valence-electron chi connectivity index (χ1n) is 7.13. The van der Waals surface area contributed by atoms with Crippen LogP contribution in [0.2, 0.25) is 0 Å². The molecule has 0 radical (unpaired) electrons. The Morgan fingerprint density at radius 3 is 2.95 bits per heavy atom. The van der Waals surface area contributed by atoms with Gasteiger partial charge in [0.2, 0.25) is 5.91 Å². The SMILES string of the molecule is CC(C)Cn1cc(NC(=O)[C@@H]2CCC[C@@H]2CN)cn1.Cl. The lowest BCUT2D eigenvalue weighted by molar-refractivity contribution is -0.120. The average Bonchev–Trinajstić information content (AvgIpc) is 2.96. The molecule has 1 fully saturated rings. The molecule has 0 spiro atoms. The monoisotopic (exact) mass is 300 g/mol. The van der Waals surface area contributed by atoms with Gasteiger partial charge in [-0.1, -0.05) is 20.3 Å². The lowest BCUT2D eigenvalue weighted by Crippen LogP contribution is -2.29. The lowest BCUT2D eigenvalue weighted by atomic mass is 9.95. The van der Waals surface area contributed by atoms with Crippen LogP contribution in [0, 0.1) is 17.8 Å². The van der Waals surface area contributed by atoms with Gasteiger partial charge in [0.15, 0.2) is 0 Å². The number of aromatic nitrogens is 2. The number of amides is 1. The molecule has 20 heavy (non-hydrogen) atoms. The number of anilines is 1. The minimum Gasteiger partial charge on any atom is -0.330 e. The zero-order chi connectivity index (χ0) is 13.8. The van der Waals surface area contributed by atoms with Crippen molar-refractivity contribution in [1.82, 2.24) is 9.78 Å². The van der Waals surface area contributed by atoms with Gasteiger partial charge >= 0.3 is 0 Å². The van der Waals surface area contributed by atoms with Crippen LogP contribution in [-0.4, -0.2) is 22.2 Å². The molecule has 3 N–H and O–H groups in total. The molecule has 5 nitrogen and oxygen atoms in total. The summed E-state index contributed by atoms with van der Waals surface area (Å²) in [5, 5.41) is 7.22. The molecular weight excluding hydrogens is 276 g/mol. The third kappa shape index (κ3) is 4.21. The average molecular weight is 301 g/mol. The standard InChI is InChI=1S/C14H24N4O.ClH/c1-10(2)8-18-9-12(7-16-18)17-14(19)13-5-3-4-11(13)6-15;/h7,9-11,13H,3-6,8,15H2,1-2H3,(H,17,19);1H/t11-,13-;/m1./s1. The van der Waals surface area contributed by atoms with Crippen LogP contribution in [0.4, 0.5) is 5.69 Å². The van der Waals surface area contributed by atoms with Crippen LogP contribution in [0.25, 0.3) is 0 Å². The van der Waals surface area contributed by atoms with Crippen LogP contribution in [0.3, 0.4) is 0 Å². The predicted molar refractivity (Wildman–Crippen MR) is 82.8 cm³/mol. The molecule has 0 unspecified atom stereocenters. The van der Waals surface area contributed by atoms with Crippen molar-refractivity contribution < 1.29 is 4.79 Å². The topological polar surface area (TPSA) is 72.9 Å². The van der Waals surface area contributed by atoms with Crippen LogP contribution in [0.15, 0.2) is 12.4 Å². The Morgan fingerprint density at radius 1 is 1.55 bits per heavy atom. The molecule has 1 aromatic heterocycles. The van der Waals surface area contributed by atoms with Crippen LogP contribution < -0.4 is 11.1 Å². The van der Waals surface area contributed by atoms with Crippen molar-refractivity contribution in [3.8, 4) is 0 Å². The molecule has 1 aliphatic rings. The number of hydrogen-bond acceptors (Lipinski definition) is 3. The third-order valence-corrected chi connectivity index (χ3v) is 3.75. The summed E-state index contributed by atoms with van der Waals surface area (Å²) in [4.78, 5) is 12.2. The number of rotatable bonds is 5. The first kappa shape index (κ1) is 17.0. The largest absolute Gasteiger partial charge is 0.330 e. The van der Waals surface area contributed by atoms with Gasteiger partial charge in [-0.15, -0.1) is 12.4 Å². The van der Waals surface area contributed by atoms with E-state index >= 15 is 0 Å². The summed E-state index contributed by atoms with van der Waals surface area (Å²) in [5.74, 6) is 1.04. The van der Waals surface area contributed by atoms with E-state index in [1.54, 1.807) is 6.20 Å². The van der Waals surface area contributed by atoms with Gasteiger partial charge in [0.05, 0.1) is 11.9 Å². The van der Waals surface area contributed by atoms with E-state index in [0.717, 1.165) is 31.5 Å². The first-order valence-corrected chi connectivity index (χ1v) is 7.13. The van der Waals surface area contributed by atoms with E-state index in [9.17, 15) is 4.79 Å². The molecule has 1 amide bonds. The highest BCUT2D eigenvalue weighted by molar-refractivity contribution is 5.92. The zero-order valence-corrected chi connectivity index (χ0v) is 13.0. The van der Waals surface area contributed by atoms with E-state index in [0.29, 0.717) is 18.4 Å². The molecule has 1 aromatic rings. The summed E-state index contributed by atoms with van der Waals surface area (Å²) in [6.07, 6.45) is 6.73. The van der Waals surface area contributed by atoms with E-state index in [-0.39, 0.29) is 24.2 Å². The second kappa shape index (κ2) is 7.64. The van der Waals surface area contributed by atoms with Gasteiger partial charge in [-0.25, -0.2) is 0 Å². The van der Waals surface area contributed by atoms with Crippen LogP contribution in [0.1, 0.15) is 33.1 Å². The van der Waals surface area contributed by atoms with Gasteiger partial charge in [-0.2, -0.15) is 5.10 Å². The summed E-state index contributed by atoms with van der Waals surface area (Å²) in [6.45, 7) is 5.75. The number of nitrogens with zero attached hydrogens (tertiary/aromatic N) is 2. The zero-order valence-electron chi connectivity index (χ0n) is 12.2. The molecule has 0 bridgehead atoms. The maximum atomic E-state index is 12.2. The third-order valence-electron chi connectivity index (χ3n) is 3.75. The summed E-state index contributed by atoms with van der Waals surface area (Å²) in [6, 6.07) is 0. The molecule has 1 saturated carbocycles. The number of carbonyl (C=O) groups excluding carboxylic acids is 1. The van der Waals surface area contributed by atoms with Gasteiger partial charge in [0.1, 0.15) is 0 Å². The Balaban J connectivity index is 0.00000200. The van der Waals surface area contributed by atoms with E-state index in [1.165, 1.54) is 0 Å². The fourth-order valence-corrected chi connectivity index (χ4v) is 2.80. The van der Waals surface area contributed by atoms with Crippen molar-refractivity contribution >= 4 is 24.0 Å². The Bertz CT molecular complexity index is 433. The number of hydrogen-bond donors (Lipinski definition) is 2. The number of carbonyl (C=O) groups is 1. The van der Waals surface area contributed by atoms with Crippen LogP contribution in [-0.2, 0) is 11.3 Å². The number of halogens is 1. The molecule has 114 valence electrons. The smallest absolute Gasteiger partial charge is 0.227 e. The highest BCUT2D eigenvalue weighted by atomic mass is 35.5. The summed E-state index contributed by atoms with van der Waals surface area (Å²) >= 11 is 0. The minimum atomic E-state index is 0. The second-order valence-electron chi connectivity index (χ2n) is 5.87. The highest BCUT2D eigenvalue weighted by Crippen LogP contribution is 2.31. The molecular formula is C14H25ClN4O. The predicted octanol–water partition coefficient (Wildman–Crippen LogP) is 2.27. The Hall–Kier alpha value is -1.07. The number of nitrogens with two attached hydrogens (primary N) is 1. The lowest BCUT2D eigenvalue weighted by Gasteiger charge is -2.16. The minimum absolute atomic E-state index is 0. The van der Waals surface area contributed by atoms with Gasteiger partial charge in [0.25, 0.3) is 0 Å². The quantitative estimate of drug-likeness (QED) is 0.876. The van der Waals surface area contributed by atoms with E-state index in [2.05, 4.69) is 24.3 Å². The van der Waals surface area contributed by atoms with Crippen molar-refractivity contribution in [3.05, 3.63) is 12.4 Å². The fraction of sp³-hybridized carbons (Fsp3) is 0.714. The van der Waals surface area contributed by atoms with E-state index < -0.39 is 0 Å². The van der Waals surface area contributed by atoms with Crippen molar-refractivity contribution in [2.75, 3.05) is 11.9 Å². The van der Waals surface area contributed by atoms with Gasteiger partial charge in [0, 0.05) is 18.7 Å². The maximum absolute atomic E-state index is 12.2. The van der Waals surface area contributed by atoms with Crippen molar-refractivity contribution in [2.45, 2.75) is 39.7 Å². The first-order chi connectivity index (χ1) is 9.10. The van der Waals surface area contributed by atoms with Crippen LogP contribution >= 0.6 is 12.4 Å². The molecule has 1 heterocycles. The maximum Gasteiger partial charge on any atom is 0.227 e. The Morgan fingerprint density at radius 2 is 2.30 bits per heavy atom. The molecule has 0 aromatic carbocycles. The van der Waals surface area contributed by atoms with Crippen LogP contribution in [0.5, 0.6) is 0 Å². The number of nitrogens with one attached hydrogen (secondary N) is 1.